The molecule has 0 aromatic heterocycles. The molecule has 3 heteroatoms. The first-order chi connectivity index (χ1) is 6.56. The van der Waals surface area contributed by atoms with Gasteiger partial charge in [0.05, 0.1) is 6.10 Å². The van der Waals surface area contributed by atoms with Crippen molar-refractivity contribution < 1.29 is 9.84 Å². The topological polar surface area (TPSA) is 41.5 Å². The van der Waals surface area contributed by atoms with Crippen LogP contribution < -0.4 is 5.32 Å². The highest BCUT2D eigenvalue weighted by Crippen LogP contribution is 2.03. The van der Waals surface area contributed by atoms with Crippen molar-refractivity contribution in [3.8, 4) is 0 Å². The lowest BCUT2D eigenvalue weighted by Gasteiger charge is -2.18. The van der Waals surface area contributed by atoms with E-state index in [1.54, 1.807) is 7.11 Å². The van der Waals surface area contributed by atoms with Crippen molar-refractivity contribution in [2.24, 2.45) is 5.92 Å². The molecule has 0 radical (unpaired) electrons. The monoisotopic (exact) mass is 203 g/mol. The van der Waals surface area contributed by atoms with Crippen LogP contribution in [0.2, 0.25) is 0 Å². The maximum Gasteiger partial charge on any atom is 0.0667 e. The van der Waals surface area contributed by atoms with Gasteiger partial charge in [-0.25, -0.2) is 0 Å². The minimum absolute atomic E-state index is 0.222. The van der Waals surface area contributed by atoms with E-state index in [9.17, 15) is 5.11 Å². The van der Waals surface area contributed by atoms with Crippen molar-refractivity contribution in [2.75, 3.05) is 20.3 Å². The molecule has 0 bridgehead atoms. The molecule has 86 valence electrons. The zero-order chi connectivity index (χ0) is 11.0. The van der Waals surface area contributed by atoms with E-state index in [1.807, 2.05) is 0 Å². The molecule has 0 amide bonds. The normalized spacial score (nSPS) is 15.9. The zero-order valence-corrected chi connectivity index (χ0v) is 9.92. The quantitative estimate of drug-likeness (QED) is 0.626. The number of hydrogen-bond donors (Lipinski definition) is 2. The van der Waals surface area contributed by atoms with Crippen molar-refractivity contribution in [2.45, 2.75) is 45.8 Å². The number of hydrogen-bond acceptors (Lipinski definition) is 3. The molecule has 0 spiro atoms. The van der Waals surface area contributed by atoms with Gasteiger partial charge in [0.15, 0.2) is 0 Å². The van der Waals surface area contributed by atoms with Gasteiger partial charge in [-0.1, -0.05) is 13.8 Å². The summed E-state index contributed by atoms with van der Waals surface area (Å²) in [5.74, 6) is 0.557. The third kappa shape index (κ3) is 8.48. The van der Waals surface area contributed by atoms with E-state index in [1.165, 1.54) is 0 Å². The van der Waals surface area contributed by atoms with Crippen LogP contribution in [0.3, 0.4) is 0 Å². The van der Waals surface area contributed by atoms with Crippen LogP contribution in [0.4, 0.5) is 0 Å². The van der Waals surface area contributed by atoms with Crippen molar-refractivity contribution in [3.63, 3.8) is 0 Å². The minimum Gasteiger partial charge on any atom is -0.392 e. The average molecular weight is 203 g/mol. The second-order valence-electron chi connectivity index (χ2n) is 4.37. The number of aliphatic hydroxyl groups excluding tert-OH is 1. The maximum absolute atomic E-state index is 9.60. The zero-order valence-electron chi connectivity index (χ0n) is 9.92. The van der Waals surface area contributed by atoms with Crippen molar-refractivity contribution >= 4 is 0 Å². The first-order valence-corrected chi connectivity index (χ1v) is 5.46. The molecule has 0 heterocycles. The molecule has 14 heavy (non-hydrogen) atoms. The Bertz CT molecular complexity index is 128. The van der Waals surface area contributed by atoms with Gasteiger partial charge in [0, 0.05) is 26.3 Å². The summed E-state index contributed by atoms with van der Waals surface area (Å²) in [6.45, 7) is 7.81. The third-order valence-electron chi connectivity index (χ3n) is 2.20. The van der Waals surface area contributed by atoms with E-state index in [0.29, 0.717) is 18.5 Å². The Balaban J connectivity index is 3.40. The van der Waals surface area contributed by atoms with Crippen LogP contribution in [0.5, 0.6) is 0 Å². The Morgan fingerprint density at radius 2 is 1.93 bits per heavy atom. The smallest absolute Gasteiger partial charge is 0.0667 e. The Hall–Kier alpha value is -0.120. The van der Waals surface area contributed by atoms with E-state index in [0.717, 1.165) is 19.4 Å². The second kappa shape index (κ2) is 8.21. The lowest BCUT2D eigenvalue weighted by Crippen LogP contribution is -2.34. The SMILES string of the molecule is COCCC(C)NCC(O)CC(C)C. The number of rotatable bonds is 8. The predicted molar refractivity (Wildman–Crippen MR) is 59.4 cm³/mol. The number of ether oxygens (including phenoxy) is 1. The molecule has 0 aromatic carbocycles. The summed E-state index contributed by atoms with van der Waals surface area (Å²) in [6.07, 6.45) is 1.63. The summed E-state index contributed by atoms with van der Waals surface area (Å²) in [4.78, 5) is 0. The van der Waals surface area contributed by atoms with E-state index in [4.69, 9.17) is 4.74 Å². The lowest BCUT2D eigenvalue weighted by atomic mass is 10.1. The Kier molecular flexibility index (Phi) is 8.14. The van der Waals surface area contributed by atoms with E-state index in [2.05, 4.69) is 26.1 Å². The molecule has 3 nitrogen and oxygen atoms in total. The van der Waals surface area contributed by atoms with Crippen molar-refractivity contribution in [1.82, 2.24) is 5.32 Å². The molecule has 2 N–H and O–H groups in total. The third-order valence-corrected chi connectivity index (χ3v) is 2.20. The summed E-state index contributed by atoms with van der Waals surface area (Å²) < 4.78 is 4.98. The van der Waals surface area contributed by atoms with Crippen LogP contribution in [0.25, 0.3) is 0 Å². The van der Waals surface area contributed by atoms with Gasteiger partial charge in [-0.3, -0.25) is 0 Å². The van der Waals surface area contributed by atoms with Gasteiger partial charge in [0.1, 0.15) is 0 Å². The standard InChI is InChI=1S/C11H25NO2/c1-9(2)7-11(13)8-12-10(3)5-6-14-4/h9-13H,5-8H2,1-4H3. The van der Waals surface area contributed by atoms with E-state index >= 15 is 0 Å². The second-order valence-corrected chi connectivity index (χ2v) is 4.37. The molecule has 0 rings (SSSR count). The van der Waals surface area contributed by atoms with Gasteiger partial charge in [-0.2, -0.15) is 0 Å². The van der Waals surface area contributed by atoms with Crippen LogP contribution in [0, 0.1) is 5.92 Å². The molecule has 0 aliphatic carbocycles. The van der Waals surface area contributed by atoms with Crippen molar-refractivity contribution in [3.05, 3.63) is 0 Å². The number of methoxy groups -OCH3 is 1. The largest absolute Gasteiger partial charge is 0.392 e. The van der Waals surface area contributed by atoms with Crippen LogP contribution in [-0.2, 0) is 4.74 Å². The van der Waals surface area contributed by atoms with Gasteiger partial charge in [0.25, 0.3) is 0 Å². The predicted octanol–water partition coefficient (Wildman–Crippen LogP) is 1.41. The minimum atomic E-state index is -0.222. The first kappa shape index (κ1) is 13.9. The average Bonchev–Trinajstić information content (AvgIpc) is 2.10. The maximum atomic E-state index is 9.60. The highest BCUT2D eigenvalue weighted by atomic mass is 16.5. The van der Waals surface area contributed by atoms with Gasteiger partial charge in [-0.15, -0.1) is 0 Å². The number of nitrogens with one attached hydrogen (secondary N) is 1. The fraction of sp³-hybridized carbons (Fsp3) is 1.00. The van der Waals surface area contributed by atoms with Gasteiger partial charge in [-0.05, 0) is 25.7 Å². The summed E-state index contributed by atoms with van der Waals surface area (Å²) >= 11 is 0. The first-order valence-electron chi connectivity index (χ1n) is 5.46. The Morgan fingerprint density at radius 3 is 2.43 bits per heavy atom. The Labute approximate surface area is 87.8 Å². The summed E-state index contributed by atoms with van der Waals surface area (Å²) in [5, 5.41) is 12.9. The molecular formula is C11H25NO2. The number of aliphatic hydroxyl groups is 1. The molecule has 0 fully saturated rings. The molecule has 0 aromatic rings. The Morgan fingerprint density at radius 1 is 1.29 bits per heavy atom. The molecule has 2 atom stereocenters. The van der Waals surface area contributed by atoms with Crippen molar-refractivity contribution in [1.29, 1.82) is 0 Å². The summed E-state index contributed by atoms with van der Waals surface area (Å²) in [5.41, 5.74) is 0. The summed E-state index contributed by atoms with van der Waals surface area (Å²) in [6, 6.07) is 0.414. The van der Waals surface area contributed by atoms with Gasteiger partial charge >= 0.3 is 0 Å². The van der Waals surface area contributed by atoms with Gasteiger partial charge < -0.3 is 15.2 Å². The molecular weight excluding hydrogens is 178 g/mol. The lowest BCUT2D eigenvalue weighted by molar-refractivity contribution is 0.137. The fourth-order valence-corrected chi connectivity index (χ4v) is 1.36. The van der Waals surface area contributed by atoms with E-state index < -0.39 is 0 Å². The molecule has 0 saturated heterocycles. The highest BCUT2D eigenvalue weighted by molar-refractivity contribution is 4.66. The molecule has 2 unspecified atom stereocenters. The van der Waals surface area contributed by atoms with Gasteiger partial charge in [0.2, 0.25) is 0 Å². The van der Waals surface area contributed by atoms with Crippen LogP contribution in [-0.4, -0.2) is 37.5 Å². The molecule has 0 aliphatic rings. The molecule has 0 saturated carbocycles. The van der Waals surface area contributed by atoms with Crippen LogP contribution >= 0.6 is 0 Å². The van der Waals surface area contributed by atoms with Crippen LogP contribution in [0.15, 0.2) is 0 Å². The highest BCUT2D eigenvalue weighted by Gasteiger charge is 2.08. The van der Waals surface area contributed by atoms with Crippen LogP contribution in [0.1, 0.15) is 33.6 Å². The van der Waals surface area contributed by atoms with E-state index in [-0.39, 0.29) is 6.10 Å². The molecule has 0 aliphatic heterocycles. The fourth-order valence-electron chi connectivity index (χ4n) is 1.36. The summed E-state index contributed by atoms with van der Waals surface area (Å²) in [7, 11) is 1.71.